The molecule has 0 amide bonds. The summed E-state index contributed by atoms with van der Waals surface area (Å²) in [7, 11) is -4.07. The maximum Gasteiger partial charge on any atom is 0.272 e. The SMILES string of the molecule is Nc1ccc2c3c(cccc13)C(S(=O)(=O)O)C2. The Labute approximate surface area is 98.8 Å². The fourth-order valence-corrected chi connectivity index (χ4v) is 3.45. The van der Waals surface area contributed by atoms with E-state index in [0.29, 0.717) is 17.7 Å². The largest absolute Gasteiger partial charge is 0.398 e. The highest BCUT2D eigenvalue weighted by Crippen LogP contribution is 2.42. The van der Waals surface area contributed by atoms with Gasteiger partial charge in [-0.15, -0.1) is 0 Å². The van der Waals surface area contributed by atoms with Gasteiger partial charge in [0.2, 0.25) is 0 Å². The molecule has 2 aromatic carbocycles. The van der Waals surface area contributed by atoms with E-state index >= 15 is 0 Å². The topological polar surface area (TPSA) is 80.4 Å². The van der Waals surface area contributed by atoms with E-state index in [1.54, 1.807) is 18.2 Å². The summed E-state index contributed by atoms with van der Waals surface area (Å²) in [6.45, 7) is 0. The summed E-state index contributed by atoms with van der Waals surface area (Å²) >= 11 is 0. The third-order valence-electron chi connectivity index (χ3n) is 3.30. The molecule has 0 bridgehead atoms. The van der Waals surface area contributed by atoms with Crippen LogP contribution in [0.5, 0.6) is 0 Å². The summed E-state index contributed by atoms with van der Waals surface area (Å²) in [6, 6.07) is 8.96. The number of nitrogen functional groups attached to an aromatic ring is 1. The minimum Gasteiger partial charge on any atom is -0.398 e. The molecule has 1 aliphatic carbocycles. The molecule has 0 aliphatic heterocycles. The normalized spacial score (nSPS) is 18.8. The van der Waals surface area contributed by atoms with Crippen molar-refractivity contribution < 1.29 is 13.0 Å². The average molecular weight is 249 g/mol. The minimum atomic E-state index is -4.07. The van der Waals surface area contributed by atoms with E-state index in [4.69, 9.17) is 5.73 Å². The fourth-order valence-electron chi connectivity index (χ4n) is 2.55. The van der Waals surface area contributed by atoms with E-state index < -0.39 is 15.4 Å². The van der Waals surface area contributed by atoms with Crippen molar-refractivity contribution in [1.82, 2.24) is 0 Å². The number of benzene rings is 2. The van der Waals surface area contributed by atoms with Crippen molar-refractivity contribution in [2.75, 3.05) is 5.73 Å². The molecule has 5 heteroatoms. The van der Waals surface area contributed by atoms with Crippen molar-refractivity contribution in [3.8, 4) is 0 Å². The Balaban J connectivity index is 2.40. The molecular weight excluding hydrogens is 238 g/mol. The molecule has 88 valence electrons. The molecule has 3 rings (SSSR count). The molecule has 1 atom stereocenters. The van der Waals surface area contributed by atoms with Crippen molar-refractivity contribution in [2.45, 2.75) is 11.7 Å². The Kier molecular flexibility index (Phi) is 1.99. The Bertz CT molecular complexity index is 722. The van der Waals surface area contributed by atoms with Gasteiger partial charge in [-0.25, -0.2) is 0 Å². The molecule has 3 N–H and O–H groups in total. The first kappa shape index (κ1) is 10.6. The maximum atomic E-state index is 11.4. The Morgan fingerprint density at radius 2 is 2.00 bits per heavy atom. The molecule has 1 aliphatic rings. The average Bonchev–Trinajstić information content (AvgIpc) is 2.64. The highest BCUT2D eigenvalue weighted by Gasteiger charge is 2.33. The van der Waals surface area contributed by atoms with Crippen LogP contribution in [0.2, 0.25) is 0 Å². The molecule has 0 heterocycles. The van der Waals surface area contributed by atoms with Crippen molar-refractivity contribution in [3.05, 3.63) is 41.5 Å². The molecule has 0 fully saturated rings. The van der Waals surface area contributed by atoms with E-state index in [0.717, 1.165) is 16.3 Å². The van der Waals surface area contributed by atoms with Crippen LogP contribution in [0, 0.1) is 0 Å². The molecule has 0 spiro atoms. The first-order valence-corrected chi connectivity index (χ1v) is 6.75. The van der Waals surface area contributed by atoms with Crippen LogP contribution in [0.15, 0.2) is 30.3 Å². The highest BCUT2D eigenvalue weighted by atomic mass is 32.2. The molecule has 17 heavy (non-hydrogen) atoms. The van der Waals surface area contributed by atoms with Crippen molar-refractivity contribution in [1.29, 1.82) is 0 Å². The summed E-state index contributed by atoms with van der Waals surface area (Å²) < 4.78 is 32.0. The highest BCUT2D eigenvalue weighted by molar-refractivity contribution is 7.86. The number of hydrogen-bond acceptors (Lipinski definition) is 3. The third kappa shape index (κ3) is 1.43. The second-order valence-electron chi connectivity index (χ2n) is 4.29. The zero-order valence-electron chi connectivity index (χ0n) is 8.92. The summed E-state index contributed by atoms with van der Waals surface area (Å²) in [5, 5.41) is 0.865. The molecule has 1 unspecified atom stereocenters. The number of nitrogens with two attached hydrogens (primary N) is 1. The molecule has 4 nitrogen and oxygen atoms in total. The Hall–Kier alpha value is -1.59. The van der Waals surface area contributed by atoms with Crippen LogP contribution in [0.4, 0.5) is 5.69 Å². The molecule has 0 saturated heterocycles. The van der Waals surface area contributed by atoms with Gasteiger partial charge in [-0.3, -0.25) is 4.55 Å². The maximum absolute atomic E-state index is 11.4. The van der Waals surface area contributed by atoms with E-state index in [2.05, 4.69) is 0 Å². The number of rotatable bonds is 1. The van der Waals surface area contributed by atoms with Crippen molar-refractivity contribution >= 4 is 26.6 Å². The van der Waals surface area contributed by atoms with Gasteiger partial charge in [-0.1, -0.05) is 24.3 Å². The van der Waals surface area contributed by atoms with Crippen molar-refractivity contribution in [2.24, 2.45) is 0 Å². The summed E-state index contributed by atoms with van der Waals surface area (Å²) in [5.74, 6) is 0. The number of hydrogen-bond donors (Lipinski definition) is 2. The molecule has 0 radical (unpaired) electrons. The van der Waals surface area contributed by atoms with Crippen LogP contribution in [0.1, 0.15) is 16.4 Å². The van der Waals surface area contributed by atoms with E-state index in [-0.39, 0.29) is 0 Å². The monoisotopic (exact) mass is 249 g/mol. The van der Waals surface area contributed by atoms with Gasteiger partial charge >= 0.3 is 0 Å². The van der Waals surface area contributed by atoms with Gasteiger partial charge in [0.15, 0.2) is 0 Å². The summed E-state index contributed by atoms with van der Waals surface area (Å²) in [5.41, 5.74) is 8.06. The quantitative estimate of drug-likeness (QED) is 0.597. The molecular formula is C12H11NO3S. The predicted molar refractivity (Wildman–Crippen MR) is 66.4 cm³/mol. The van der Waals surface area contributed by atoms with E-state index in [1.165, 1.54) is 0 Å². The van der Waals surface area contributed by atoms with Gasteiger partial charge in [0.1, 0.15) is 5.25 Å². The van der Waals surface area contributed by atoms with Crippen LogP contribution in [0.3, 0.4) is 0 Å². The first-order chi connectivity index (χ1) is 7.98. The molecule has 2 aromatic rings. The second-order valence-corrected chi connectivity index (χ2v) is 5.89. The fraction of sp³-hybridized carbons (Fsp3) is 0.167. The van der Waals surface area contributed by atoms with Crippen LogP contribution < -0.4 is 5.73 Å². The lowest BCUT2D eigenvalue weighted by atomic mass is 10.0. The van der Waals surface area contributed by atoms with Crippen molar-refractivity contribution in [3.63, 3.8) is 0 Å². The first-order valence-electron chi connectivity index (χ1n) is 5.25. The standard InChI is InChI=1S/C12H11NO3S/c13-10-5-4-7-6-11(17(14,15)16)9-3-1-2-8(10)12(7)9/h1-5,11H,6,13H2,(H,14,15,16). The number of anilines is 1. The van der Waals surface area contributed by atoms with Gasteiger partial charge in [-0.05, 0) is 29.0 Å². The van der Waals surface area contributed by atoms with Gasteiger partial charge < -0.3 is 5.73 Å². The van der Waals surface area contributed by atoms with Crippen LogP contribution in [-0.4, -0.2) is 13.0 Å². The minimum absolute atomic E-state index is 0.314. The van der Waals surface area contributed by atoms with E-state index in [1.807, 2.05) is 12.1 Å². The Morgan fingerprint density at radius 3 is 2.71 bits per heavy atom. The van der Waals surface area contributed by atoms with Crippen LogP contribution >= 0.6 is 0 Å². The lowest BCUT2D eigenvalue weighted by Gasteiger charge is -2.07. The molecule has 0 saturated carbocycles. The van der Waals surface area contributed by atoms with Gasteiger partial charge in [0, 0.05) is 11.1 Å². The zero-order valence-corrected chi connectivity index (χ0v) is 9.74. The second kappa shape index (κ2) is 3.21. The van der Waals surface area contributed by atoms with Crippen LogP contribution in [0.25, 0.3) is 10.8 Å². The van der Waals surface area contributed by atoms with Gasteiger partial charge in [0.25, 0.3) is 10.1 Å². The predicted octanol–water partition coefficient (Wildman–Crippen LogP) is 1.91. The summed E-state index contributed by atoms with van der Waals surface area (Å²) in [4.78, 5) is 0. The molecule has 0 aromatic heterocycles. The lowest BCUT2D eigenvalue weighted by Crippen LogP contribution is -2.10. The zero-order chi connectivity index (χ0) is 12.2. The summed E-state index contributed by atoms with van der Waals surface area (Å²) in [6.07, 6.45) is 0.314. The third-order valence-corrected chi connectivity index (χ3v) is 4.44. The Morgan fingerprint density at radius 1 is 1.24 bits per heavy atom. The van der Waals surface area contributed by atoms with Gasteiger partial charge in [0.05, 0.1) is 0 Å². The lowest BCUT2D eigenvalue weighted by molar-refractivity contribution is 0.469. The van der Waals surface area contributed by atoms with E-state index in [9.17, 15) is 13.0 Å². The van der Waals surface area contributed by atoms with Gasteiger partial charge in [-0.2, -0.15) is 8.42 Å². The van der Waals surface area contributed by atoms with Crippen LogP contribution in [-0.2, 0) is 16.5 Å². The smallest absolute Gasteiger partial charge is 0.272 e.